The predicted octanol–water partition coefficient (Wildman–Crippen LogP) is 3.00. The summed E-state index contributed by atoms with van der Waals surface area (Å²) in [4.78, 5) is 28.6. The first-order valence-corrected chi connectivity index (χ1v) is 7.74. The molecule has 0 unspecified atom stereocenters. The SMILES string of the molecule is COC(=O)COc1ccc(N(C)C(=O)c2cccc3cc[nH]c23)cc1. The molecule has 3 aromatic rings. The number of benzene rings is 2. The number of para-hydroxylation sites is 1. The molecular formula is C19H18N2O4. The van der Waals surface area contributed by atoms with E-state index in [9.17, 15) is 9.59 Å². The van der Waals surface area contributed by atoms with Gasteiger partial charge < -0.3 is 19.4 Å². The van der Waals surface area contributed by atoms with E-state index in [1.165, 1.54) is 7.11 Å². The van der Waals surface area contributed by atoms with Crippen LogP contribution in [0.25, 0.3) is 10.9 Å². The van der Waals surface area contributed by atoms with Gasteiger partial charge in [0.1, 0.15) is 5.75 Å². The van der Waals surface area contributed by atoms with Crippen molar-refractivity contribution in [2.24, 2.45) is 0 Å². The predicted molar refractivity (Wildman–Crippen MR) is 95.0 cm³/mol. The summed E-state index contributed by atoms with van der Waals surface area (Å²) >= 11 is 0. The van der Waals surface area contributed by atoms with Gasteiger partial charge in [0.15, 0.2) is 6.61 Å². The Morgan fingerprint density at radius 3 is 2.56 bits per heavy atom. The molecule has 2 aromatic carbocycles. The van der Waals surface area contributed by atoms with E-state index in [2.05, 4.69) is 9.72 Å². The second kappa shape index (κ2) is 7.09. The number of amides is 1. The standard InChI is InChI=1S/C19H18N2O4/c1-21(14-6-8-15(9-7-14)25-12-17(22)24-2)19(23)16-5-3-4-13-10-11-20-18(13)16/h3-11,20H,12H2,1-2H3. The van der Waals surface area contributed by atoms with Crippen molar-refractivity contribution in [1.29, 1.82) is 0 Å². The molecule has 1 amide bonds. The van der Waals surface area contributed by atoms with E-state index in [4.69, 9.17) is 4.74 Å². The molecule has 1 N–H and O–H groups in total. The zero-order valence-electron chi connectivity index (χ0n) is 14.0. The molecule has 0 aliphatic heterocycles. The molecule has 25 heavy (non-hydrogen) atoms. The maximum atomic E-state index is 12.8. The molecule has 0 saturated carbocycles. The Kier molecular flexibility index (Phi) is 4.70. The lowest BCUT2D eigenvalue weighted by molar-refractivity contribution is -0.142. The van der Waals surface area contributed by atoms with Crippen LogP contribution in [0.3, 0.4) is 0 Å². The van der Waals surface area contributed by atoms with E-state index in [-0.39, 0.29) is 12.5 Å². The molecule has 0 atom stereocenters. The number of methoxy groups -OCH3 is 1. The molecule has 0 radical (unpaired) electrons. The van der Waals surface area contributed by atoms with Gasteiger partial charge in [0.05, 0.1) is 18.2 Å². The summed E-state index contributed by atoms with van der Waals surface area (Å²) in [5.41, 5.74) is 2.15. The van der Waals surface area contributed by atoms with Gasteiger partial charge in [-0.2, -0.15) is 0 Å². The number of nitrogens with zero attached hydrogens (tertiary/aromatic N) is 1. The Labute approximate surface area is 145 Å². The highest BCUT2D eigenvalue weighted by molar-refractivity contribution is 6.12. The molecule has 0 aliphatic rings. The average Bonchev–Trinajstić information content (AvgIpc) is 3.14. The Morgan fingerprint density at radius 2 is 1.84 bits per heavy atom. The Balaban J connectivity index is 1.76. The minimum atomic E-state index is -0.449. The monoisotopic (exact) mass is 338 g/mol. The number of nitrogens with one attached hydrogen (secondary N) is 1. The Morgan fingerprint density at radius 1 is 1.08 bits per heavy atom. The molecule has 128 valence electrons. The van der Waals surface area contributed by atoms with Crippen molar-refractivity contribution in [3.63, 3.8) is 0 Å². The van der Waals surface area contributed by atoms with E-state index in [0.717, 1.165) is 16.6 Å². The third-order valence-corrected chi connectivity index (χ3v) is 3.93. The number of hydrogen-bond acceptors (Lipinski definition) is 4. The maximum absolute atomic E-state index is 12.8. The van der Waals surface area contributed by atoms with Crippen LogP contribution in [0.15, 0.2) is 54.7 Å². The number of fused-ring (bicyclic) bond motifs is 1. The van der Waals surface area contributed by atoms with Gasteiger partial charge in [0.25, 0.3) is 5.91 Å². The van der Waals surface area contributed by atoms with Crippen molar-refractivity contribution >= 4 is 28.5 Å². The largest absolute Gasteiger partial charge is 0.482 e. The smallest absolute Gasteiger partial charge is 0.343 e. The molecule has 0 aliphatic carbocycles. The summed E-state index contributed by atoms with van der Waals surface area (Å²) in [6, 6.07) is 14.5. The van der Waals surface area contributed by atoms with Crippen LogP contribution < -0.4 is 9.64 Å². The average molecular weight is 338 g/mol. The number of esters is 1. The number of ether oxygens (including phenoxy) is 2. The molecule has 0 saturated heterocycles. The molecular weight excluding hydrogens is 320 g/mol. The van der Waals surface area contributed by atoms with Gasteiger partial charge in [0.2, 0.25) is 0 Å². The fraction of sp³-hybridized carbons (Fsp3) is 0.158. The van der Waals surface area contributed by atoms with E-state index in [1.807, 2.05) is 24.4 Å². The Hall–Kier alpha value is -3.28. The minimum Gasteiger partial charge on any atom is -0.482 e. The molecule has 3 rings (SSSR count). The van der Waals surface area contributed by atoms with Gasteiger partial charge in [-0.25, -0.2) is 4.79 Å². The van der Waals surface area contributed by atoms with Gasteiger partial charge >= 0.3 is 5.97 Å². The van der Waals surface area contributed by atoms with E-state index in [0.29, 0.717) is 11.3 Å². The third-order valence-electron chi connectivity index (χ3n) is 3.93. The summed E-state index contributed by atoms with van der Waals surface area (Å²) in [6.45, 7) is -0.153. The summed E-state index contributed by atoms with van der Waals surface area (Å²) in [5.74, 6) is -0.0341. The van der Waals surface area contributed by atoms with Crippen molar-refractivity contribution < 1.29 is 19.1 Å². The number of H-pyrrole nitrogens is 1. The molecule has 1 aromatic heterocycles. The number of aromatic amines is 1. The third kappa shape index (κ3) is 3.47. The highest BCUT2D eigenvalue weighted by atomic mass is 16.6. The molecule has 1 heterocycles. The fourth-order valence-electron chi connectivity index (χ4n) is 2.53. The van der Waals surface area contributed by atoms with Gasteiger partial charge in [0, 0.05) is 24.3 Å². The number of carbonyl (C=O) groups is 2. The fourth-order valence-corrected chi connectivity index (χ4v) is 2.53. The molecule has 6 nitrogen and oxygen atoms in total. The van der Waals surface area contributed by atoms with E-state index >= 15 is 0 Å². The normalized spacial score (nSPS) is 10.5. The van der Waals surface area contributed by atoms with Crippen molar-refractivity contribution in [2.45, 2.75) is 0 Å². The van der Waals surface area contributed by atoms with E-state index < -0.39 is 5.97 Å². The van der Waals surface area contributed by atoms with Crippen molar-refractivity contribution in [2.75, 3.05) is 25.7 Å². The van der Waals surface area contributed by atoms with E-state index in [1.54, 1.807) is 42.3 Å². The lowest BCUT2D eigenvalue weighted by atomic mass is 10.1. The maximum Gasteiger partial charge on any atom is 0.343 e. The summed E-state index contributed by atoms with van der Waals surface area (Å²) < 4.78 is 9.83. The quantitative estimate of drug-likeness (QED) is 0.726. The highest BCUT2D eigenvalue weighted by Crippen LogP contribution is 2.23. The summed E-state index contributed by atoms with van der Waals surface area (Å²) in [5, 5.41) is 0.991. The molecule has 6 heteroatoms. The molecule has 0 spiro atoms. The minimum absolute atomic E-state index is 0.115. The molecule has 0 bridgehead atoms. The van der Waals surface area contributed by atoms with Crippen LogP contribution in [0.4, 0.5) is 5.69 Å². The van der Waals surface area contributed by atoms with Gasteiger partial charge in [-0.05, 0) is 36.4 Å². The highest BCUT2D eigenvalue weighted by Gasteiger charge is 2.16. The van der Waals surface area contributed by atoms with Crippen LogP contribution in [-0.4, -0.2) is 37.6 Å². The lowest BCUT2D eigenvalue weighted by Crippen LogP contribution is -2.26. The van der Waals surface area contributed by atoms with Gasteiger partial charge in [-0.3, -0.25) is 4.79 Å². The van der Waals surface area contributed by atoms with Crippen LogP contribution in [-0.2, 0) is 9.53 Å². The summed E-state index contributed by atoms with van der Waals surface area (Å²) in [7, 11) is 3.02. The zero-order chi connectivity index (χ0) is 17.8. The second-order valence-electron chi connectivity index (χ2n) is 5.47. The summed E-state index contributed by atoms with van der Waals surface area (Å²) in [6.07, 6.45) is 1.81. The number of carbonyl (C=O) groups excluding carboxylic acids is 2. The first kappa shape index (κ1) is 16.6. The number of rotatable bonds is 5. The second-order valence-corrected chi connectivity index (χ2v) is 5.47. The van der Waals surface area contributed by atoms with Gasteiger partial charge in [-0.1, -0.05) is 12.1 Å². The first-order chi connectivity index (χ1) is 12.1. The van der Waals surface area contributed by atoms with Gasteiger partial charge in [-0.15, -0.1) is 0 Å². The van der Waals surface area contributed by atoms with Crippen LogP contribution in [0.1, 0.15) is 10.4 Å². The zero-order valence-corrected chi connectivity index (χ0v) is 14.0. The van der Waals surface area contributed by atoms with Crippen LogP contribution in [0.5, 0.6) is 5.75 Å². The van der Waals surface area contributed by atoms with Crippen molar-refractivity contribution in [3.8, 4) is 5.75 Å². The van der Waals surface area contributed by atoms with Crippen LogP contribution in [0.2, 0.25) is 0 Å². The Bertz CT molecular complexity index is 899. The van der Waals surface area contributed by atoms with Crippen molar-refractivity contribution in [1.82, 2.24) is 4.98 Å². The van der Waals surface area contributed by atoms with Crippen LogP contribution >= 0.6 is 0 Å². The lowest BCUT2D eigenvalue weighted by Gasteiger charge is -2.18. The van der Waals surface area contributed by atoms with Crippen LogP contribution in [0, 0.1) is 0 Å². The molecule has 0 fully saturated rings. The number of hydrogen-bond donors (Lipinski definition) is 1. The van der Waals surface area contributed by atoms with Crippen molar-refractivity contribution in [3.05, 3.63) is 60.3 Å². The number of anilines is 1. The number of aromatic nitrogens is 1. The first-order valence-electron chi connectivity index (χ1n) is 7.74. The topological polar surface area (TPSA) is 71.6 Å².